The summed E-state index contributed by atoms with van der Waals surface area (Å²) < 4.78 is 0. The number of nitrogens with one attached hydrogen (secondary N) is 2. The van der Waals surface area contributed by atoms with Crippen molar-refractivity contribution in [2.45, 2.75) is 12.6 Å². The molecule has 9 heteroatoms. The molecule has 1 atom stereocenters. The van der Waals surface area contributed by atoms with Crippen LogP contribution in [0.5, 0.6) is 0 Å². The van der Waals surface area contributed by atoms with Crippen LogP contribution in [0.4, 0.5) is 0 Å². The summed E-state index contributed by atoms with van der Waals surface area (Å²) in [4.78, 5) is 24.6. The minimum atomic E-state index is -0.418. The summed E-state index contributed by atoms with van der Waals surface area (Å²) >= 11 is 7.15. The number of aliphatic hydroxyl groups excluding tert-OH is 1. The van der Waals surface area contributed by atoms with E-state index in [-0.39, 0.29) is 19.1 Å². The fourth-order valence-electron chi connectivity index (χ4n) is 2.23. The van der Waals surface area contributed by atoms with E-state index in [4.69, 9.17) is 22.4 Å². The lowest BCUT2D eigenvalue weighted by Gasteiger charge is -2.13. The van der Waals surface area contributed by atoms with Crippen molar-refractivity contribution in [2.75, 3.05) is 6.54 Å². The normalized spacial score (nSPS) is 12.1. The number of halogens is 1. The highest BCUT2D eigenvalue weighted by atomic mass is 35.5. The van der Waals surface area contributed by atoms with E-state index >= 15 is 0 Å². The second-order valence-corrected chi connectivity index (χ2v) is 6.82. The van der Waals surface area contributed by atoms with Gasteiger partial charge in [0.05, 0.1) is 33.9 Å². The lowest BCUT2D eigenvalue weighted by atomic mass is 10.3. The summed E-state index contributed by atoms with van der Waals surface area (Å²) in [6, 6.07) is 6.53. The quantitative estimate of drug-likeness (QED) is 0.525. The Hall–Kier alpha value is -2.26. The van der Waals surface area contributed by atoms with Crippen molar-refractivity contribution in [2.24, 2.45) is 5.73 Å². The van der Waals surface area contributed by atoms with Gasteiger partial charge in [0.1, 0.15) is 10.7 Å². The first-order valence-corrected chi connectivity index (χ1v) is 8.67. The van der Waals surface area contributed by atoms with Gasteiger partial charge in [0, 0.05) is 18.9 Å². The Bertz CT molecular complexity index is 862. The zero-order valence-corrected chi connectivity index (χ0v) is 14.6. The van der Waals surface area contributed by atoms with Crippen LogP contribution in [0, 0.1) is 0 Å². The molecule has 0 aromatic carbocycles. The molecule has 3 aromatic rings. The molecule has 3 heterocycles. The van der Waals surface area contributed by atoms with Gasteiger partial charge in [-0.25, -0.2) is 4.98 Å². The molecule has 0 aliphatic carbocycles. The molecular formula is C16H16ClN5O2S. The van der Waals surface area contributed by atoms with Gasteiger partial charge < -0.3 is 21.1 Å². The first-order chi connectivity index (χ1) is 12.1. The van der Waals surface area contributed by atoms with Gasteiger partial charge in [-0.05, 0) is 24.3 Å². The minimum Gasteiger partial charge on any atom is -0.391 e. The molecule has 0 saturated heterocycles. The lowest BCUT2D eigenvalue weighted by molar-refractivity contribution is 0.0933. The second kappa shape index (κ2) is 7.75. The van der Waals surface area contributed by atoms with Gasteiger partial charge in [-0.3, -0.25) is 9.78 Å². The van der Waals surface area contributed by atoms with E-state index in [2.05, 4.69) is 20.3 Å². The lowest BCUT2D eigenvalue weighted by Crippen LogP contribution is -2.33. The molecule has 0 saturated carbocycles. The zero-order valence-electron chi connectivity index (χ0n) is 13.1. The number of thiazole rings is 1. The predicted molar refractivity (Wildman–Crippen MR) is 96.3 cm³/mol. The number of aliphatic hydroxyl groups is 1. The summed E-state index contributed by atoms with van der Waals surface area (Å²) in [5.41, 5.74) is 7.54. The van der Waals surface area contributed by atoms with E-state index in [1.807, 2.05) is 0 Å². The number of carbonyl (C=O) groups is 1. The molecule has 0 unspecified atom stereocenters. The van der Waals surface area contributed by atoms with Crippen LogP contribution >= 0.6 is 22.9 Å². The fraction of sp³-hybridized carbons (Fsp3) is 0.188. The molecule has 7 nitrogen and oxygen atoms in total. The third-order valence-electron chi connectivity index (χ3n) is 3.50. The highest BCUT2D eigenvalue weighted by Gasteiger charge is 2.19. The Morgan fingerprint density at radius 2 is 2.16 bits per heavy atom. The van der Waals surface area contributed by atoms with Gasteiger partial charge in [0.2, 0.25) is 0 Å². The van der Waals surface area contributed by atoms with Gasteiger partial charge in [-0.15, -0.1) is 11.3 Å². The maximum Gasteiger partial charge on any atom is 0.268 e. The Morgan fingerprint density at radius 1 is 1.32 bits per heavy atom. The standard InChI is InChI=1S/C16H16ClN5O2S/c17-9-1-2-11(19-6-9)12-3-4-13(21-12)15(24)22-14(5-18)16-20-7-10(8-23)25-16/h1-4,6-7,14,21,23H,5,8,18H2,(H,22,24)/t14-/m1/s1. The molecule has 0 radical (unpaired) electrons. The number of carbonyl (C=O) groups excluding carboxylic acids is 1. The highest BCUT2D eigenvalue weighted by molar-refractivity contribution is 7.11. The molecule has 0 fully saturated rings. The molecule has 3 aromatic heterocycles. The summed E-state index contributed by atoms with van der Waals surface area (Å²) in [5, 5.41) is 13.2. The molecule has 130 valence electrons. The number of nitrogens with zero attached hydrogens (tertiary/aromatic N) is 2. The number of hydrogen-bond acceptors (Lipinski definition) is 6. The molecule has 5 N–H and O–H groups in total. The van der Waals surface area contributed by atoms with Crippen molar-refractivity contribution in [3.05, 3.63) is 57.3 Å². The van der Waals surface area contributed by atoms with Gasteiger partial charge in [-0.2, -0.15) is 0 Å². The van der Waals surface area contributed by atoms with Crippen LogP contribution in [-0.2, 0) is 6.61 Å². The number of aromatic nitrogens is 3. The molecule has 1 amide bonds. The monoisotopic (exact) mass is 377 g/mol. The van der Waals surface area contributed by atoms with E-state index in [9.17, 15) is 4.79 Å². The number of rotatable bonds is 6. The average molecular weight is 378 g/mol. The molecule has 25 heavy (non-hydrogen) atoms. The Labute approximate surface area is 152 Å². The van der Waals surface area contributed by atoms with Crippen molar-refractivity contribution in [1.82, 2.24) is 20.3 Å². The molecular weight excluding hydrogens is 362 g/mol. The van der Waals surface area contributed by atoms with Crippen molar-refractivity contribution >= 4 is 28.8 Å². The van der Waals surface area contributed by atoms with E-state index in [1.165, 1.54) is 11.3 Å². The largest absolute Gasteiger partial charge is 0.391 e. The predicted octanol–water partition coefficient (Wildman–Crippen LogP) is 2.11. The van der Waals surface area contributed by atoms with Gasteiger partial charge in [-0.1, -0.05) is 11.6 Å². The van der Waals surface area contributed by atoms with E-state index < -0.39 is 6.04 Å². The molecule has 3 rings (SSSR count). The summed E-state index contributed by atoms with van der Waals surface area (Å²) in [5.74, 6) is -0.295. The summed E-state index contributed by atoms with van der Waals surface area (Å²) in [6.45, 7) is 0.118. The fourth-order valence-corrected chi connectivity index (χ4v) is 3.18. The SMILES string of the molecule is NC[C@@H](NC(=O)c1ccc(-c2ccc(Cl)cn2)[nH]1)c1ncc(CO)s1. The first kappa shape index (κ1) is 17.6. The number of aromatic amines is 1. The number of H-pyrrole nitrogens is 1. The molecule has 0 spiro atoms. The van der Waals surface area contributed by atoms with Gasteiger partial charge in [0.25, 0.3) is 5.91 Å². The number of nitrogens with two attached hydrogens (primary N) is 1. The van der Waals surface area contributed by atoms with Gasteiger partial charge >= 0.3 is 0 Å². The first-order valence-electron chi connectivity index (χ1n) is 7.48. The number of pyridine rings is 1. The summed E-state index contributed by atoms with van der Waals surface area (Å²) in [7, 11) is 0. The maximum atomic E-state index is 12.5. The van der Waals surface area contributed by atoms with Crippen molar-refractivity contribution in [3.63, 3.8) is 0 Å². The van der Waals surface area contributed by atoms with Crippen LogP contribution in [0.25, 0.3) is 11.4 Å². The van der Waals surface area contributed by atoms with Crippen molar-refractivity contribution < 1.29 is 9.90 Å². The van der Waals surface area contributed by atoms with E-state index in [0.29, 0.717) is 27.1 Å². The summed E-state index contributed by atoms with van der Waals surface area (Å²) in [6.07, 6.45) is 3.12. The Balaban J connectivity index is 1.73. The van der Waals surface area contributed by atoms with E-state index in [1.54, 1.807) is 36.7 Å². The molecule has 0 aliphatic heterocycles. The second-order valence-electron chi connectivity index (χ2n) is 5.23. The smallest absolute Gasteiger partial charge is 0.268 e. The zero-order chi connectivity index (χ0) is 17.8. The van der Waals surface area contributed by atoms with Crippen LogP contribution in [0.3, 0.4) is 0 Å². The topological polar surface area (TPSA) is 117 Å². The third-order valence-corrected chi connectivity index (χ3v) is 4.82. The van der Waals surface area contributed by atoms with Crippen LogP contribution < -0.4 is 11.1 Å². The highest BCUT2D eigenvalue weighted by Crippen LogP contribution is 2.21. The van der Waals surface area contributed by atoms with Crippen LogP contribution in [0.1, 0.15) is 26.4 Å². The van der Waals surface area contributed by atoms with Gasteiger partial charge in [0.15, 0.2) is 0 Å². The van der Waals surface area contributed by atoms with Crippen LogP contribution in [-0.4, -0.2) is 32.5 Å². The minimum absolute atomic E-state index is 0.0863. The van der Waals surface area contributed by atoms with Crippen molar-refractivity contribution in [3.8, 4) is 11.4 Å². The number of hydrogen-bond donors (Lipinski definition) is 4. The van der Waals surface area contributed by atoms with Crippen LogP contribution in [0.2, 0.25) is 5.02 Å². The number of amides is 1. The third kappa shape index (κ3) is 4.05. The van der Waals surface area contributed by atoms with Crippen molar-refractivity contribution in [1.29, 1.82) is 0 Å². The Morgan fingerprint density at radius 3 is 2.80 bits per heavy atom. The molecule has 0 bridgehead atoms. The maximum absolute atomic E-state index is 12.5. The van der Waals surface area contributed by atoms with E-state index in [0.717, 1.165) is 4.88 Å². The molecule has 0 aliphatic rings. The average Bonchev–Trinajstić information content (AvgIpc) is 3.29. The van der Waals surface area contributed by atoms with Crippen LogP contribution in [0.15, 0.2) is 36.7 Å². The Kier molecular flexibility index (Phi) is 5.44.